The van der Waals surface area contributed by atoms with Crippen LogP contribution in [-0.2, 0) is 48.7 Å². The second-order valence-corrected chi connectivity index (χ2v) is 21.1. The Balaban J connectivity index is 1.25. The van der Waals surface area contributed by atoms with Crippen LogP contribution < -0.4 is 36.5 Å². The highest BCUT2D eigenvalue weighted by molar-refractivity contribution is 7.81. The van der Waals surface area contributed by atoms with Crippen molar-refractivity contribution in [3.63, 3.8) is 0 Å². The van der Waals surface area contributed by atoms with Gasteiger partial charge in [0.25, 0.3) is 0 Å². The number of aromatic hydroxyl groups is 1. The normalized spacial score (nSPS) is 27.8. The molecule has 3 aromatic carbocycles. The Kier molecular flexibility index (Phi) is 18.7. The molecule has 0 spiro atoms. The molecular formula is C50H62N8O21S. The van der Waals surface area contributed by atoms with Gasteiger partial charge >= 0.3 is 16.5 Å². The molecule has 29 nitrogen and oxygen atoms in total. The molecule has 0 saturated carbocycles. The van der Waals surface area contributed by atoms with E-state index in [1.165, 1.54) is 6.92 Å². The Hall–Kier alpha value is -7.55. The van der Waals surface area contributed by atoms with Crippen molar-refractivity contribution < 1.29 is 101 Å². The van der Waals surface area contributed by atoms with E-state index in [-0.39, 0.29) is 6.61 Å². The number of ether oxygens (including phenoxy) is 1. The van der Waals surface area contributed by atoms with Crippen LogP contribution in [0.25, 0.3) is 11.1 Å². The average molecular weight is 1140 g/mol. The van der Waals surface area contributed by atoms with E-state index in [0.717, 1.165) is 41.3 Å². The van der Waals surface area contributed by atoms with Crippen LogP contribution in [0.5, 0.6) is 11.5 Å². The van der Waals surface area contributed by atoms with Crippen LogP contribution >= 0.6 is 0 Å². The molecule has 80 heavy (non-hydrogen) atoms. The predicted molar refractivity (Wildman–Crippen MR) is 271 cm³/mol. The monoisotopic (exact) mass is 1140 g/mol. The topological polar surface area (TPSA) is 464 Å². The molecule has 434 valence electrons. The summed E-state index contributed by atoms with van der Waals surface area (Å²) < 4.78 is 42.3. The maximum atomic E-state index is 14.6. The first-order valence-corrected chi connectivity index (χ1v) is 26.5. The van der Waals surface area contributed by atoms with Crippen LogP contribution in [0, 0.1) is 5.92 Å². The van der Waals surface area contributed by atoms with Crippen molar-refractivity contribution in [3.05, 3.63) is 83.4 Å². The van der Waals surface area contributed by atoms with Gasteiger partial charge in [0.05, 0.1) is 36.9 Å². The summed E-state index contributed by atoms with van der Waals surface area (Å²) in [6.07, 6.45) is -17.8. The van der Waals surface area contributed by atoms with Gasteiger partial charge in [-0.15, -0.1) is 0 Å². The highest BCUT2D eigenvalue weighted by atomic mass is 32.3. The minimum atomic E-state index is -5.33. The molecular weight excluding hydrogens is 1080 g/mol. The van der Waals surface area contributed by atoms with Crippen molar-refractivity contribution in [3.8, 4) is 22.6 Å². The van der Waals surface area contributed by atoms with Crippen LogP contribution in [-0.4, -0.2) is 210 Å². The number of aliphatic hydroxyl groups excluding tert-OH is 7. The van der Waals surface area contributed by atoms with E-state index in [1.807, 2.05) is 48.5 Å². The number of aliphatic hydroxyl groups is 7. The summed E-state index contributed by atoms with van der Waals surface area (Å²) in [5.74, 6) is -12.7. The zero-order chi connectivity index (χ0) is 58.7. The number of phenols is 1. The van der Waals surface area contributed by atoms with Crippen molar-refractivity contribution in [2.24, 2.45) is 11.7 Å². The maximum Gasteiger partial charge on any atom is 0.446 e. The van der Waals surface area contributed by atoms with Crippen LogP contribution in [0.4, 0.5) is 4.79 Å². The lowest BCUT2D eigenvalue weighted by Gasteiger charge is -2.34. The number of benzene rings is 3. The molecule has 3 aliphatic heterocycles. The maximum absolute atomic E-state index is 14.6. The molecule has 0 aromatic heterocycles. The van der Waals surface area contributed by atoms with E-state index in [4.69, 9.17) is 10.5 Å². The second-order valence-electron chi connectivity index (χ2n) is 20.1. The molecule has 3 heterocycles. The number of hydrogen-bond acceptors (Lipinski definition) is 20. The number of fused-ring (bicyclic) bond motifs is 5. The SMILES string of the molecule is C[C@H](O)C1NC(=O)[C@@H](NC(=O)OCC2c3ccccc3-c3ccccc32)C[C@@H](O)CNC(=O)C2[C@@H](O)[C@@H](C)CN2C(=O)C([C@H](O)CC(N)=O)NC(=O)C([C@H](O)[C@@H](O)c2ccc(O)c(OS(=O)(=O)O)c2)NC(=O)C2C[C@@H](O)CN2C1=O. The van der Waals surface area contributed by atoms with Crippen LogP contribution in [0.2, 0.25) is 0 Å². The lowest BCUT2D eigenvalue weighted by molar-refractivity contribution is -0.148. The van der Waals surface area contributed by atoms with Gasteiger partial charge in [0, 0.05) is 44.3 Å². The summed E-state index contributed by atoms with van der Waals surface area (Å²) >= 11 is 0. The molecule has 0 radical (unpaired) electrons. The molecule has 30 heteroatoms. The van der Waals surface area contributed by atoms with E-state index >= 15 is 0 Å². The van der Waals surface area contributed by atoms with E-state index in [1.54, 1.807) is 0 Å². The average Bonchev–Trinajstić information content (AvgIpc) is 4.05. The molecule has 16 N–H and O–H groups in total. The van der Waals surface area contributed by atoms with E-state index in [0.29, 0.717) is 15.9 Å². The van der Waals surface area contributed by atoms with Crippen molar-refractivity contribution in [2.45, 2.75) is 118 Å². The summed E-state index contributed by atoms with van der Waals surface area (Å²) in [7, 11) is -5.33. The molecule has 1 aliphatic carbocycles. The highest BCUT2D eigenvalue weighted by Gasteiger charge is 2.50. The summed E-state index contributed by atoms with van der Waals surface area (Å²) in [4.78, 5) is 114. The van der Waals surface area contributed by atoms with Gasteiger partial charge in [-0.25, -0.2) is 4.79 Å². The number of nitrogens with two attached hydrogens (primary N) is 1. The van der Waals surface area contributed by atoms with Gasteiger partial charge in [-0.1, -0.05) is 61.5 Å². The van der Waals surface area contributed by atoms with Gasteiger partial charge in [0.2, 0.25) is 41.4 Å². The summed E-state index contributed by atoms with van der Waals surface area (Å²) in [6.45, 7) is 0.309. The fourth-order valence-electron chi connectivity index (χ4n) is 10.3. The number of β-amino-alcohol motifs (C(OH)–C–C–N with tert-alkyl or cyclic N) is 1. The van der Waals surface area contributed by atoms with Crippen molar-refractivity contribution in [1.82, 2.24) is 36.4 Å². The molecule has 8 amide bonds. The zero-order valence-electron chi connectivity index (χ0n) is 42.8. The number of nitrogens with one attached hydrogen (secondary N) is 5. The first kappa shape index (κ1) is 60.1. The minimum absolute atomic E-state index is 0.248. The third kappa shape index (κ3) is 13.5. The third-order valence-corrected chi connectivity index (χ3v) is 14.7. The van der Waals surface area contributed by atoms with Crippen molar-refractivity contribution in [1.29, 1.82) is 0 Å². The number of carbonyl (C=O) groups is 8. The minimum Gasteiger partial charge on any atom is -0.504 e. The van der Waals surface area contributed by atoms with Crippen LogP contribution in [0.15, 0.2) is 66.7 Å². The molecule has 14 atom stereocenters. The molecule has 3 aromatic rings. The second kappa shape index (κ2) is 24.9. The lowest BCUT2D eigenvalue weighted by atomic mass is 9.96. The number of alkyl carbamates (subject to hydrolysis) is 1. The van der Waals surface area contributed by atoms with Crippen molar-refractivity contribution >= 4 is 57.8 Å². The van der Waals surface area contributed by atoms with E-state index in [9.17, 15) is 92.2 Å². The van der Waals surface area contributed by atoms with E-state index in [2.05, 4.69) is 30.8 Å². The van der Waals surface area contributed by atoms with Gasteiger partial charge in [0.15, 0.2) is 11.5 Å². The molecule has 7 rings (SSSR count). The number of primary amides is 1. The first-order chi connectivity index (χ1) is 37.6. The predicted octanol–water partition coefficient (Wildman–Crippen LogP) is -5.00. The van der Waals surface area contributed by atoms with Crippen LogP contribution in [0.1, 0.15) is 61.8 Å². The molecule has 0 bridgehead atoms. The van der Waals surface area contributed by atoms with E-state index < -0.39 is 205 Å². The number of hydrogen-bond donors (Lipinski definition) is 15. The Bertz CT molecular complexity index is 2940. The summed E-state index contributed by atoms with van der Waals surface area (Å²) in [6, 6.07) is 4.49. The lowest BCUT2D eigenvalue weighted by Crippen LogP contribution is -2.64. The Morgan fingerprint density at radius 3 is 1.99 bits per heavy atom. The number of nitrogens with zero attached hydrogens (tertiary/aromatic N) is 2. The van der Waals surface area contributed by atoms with Gasteiger partial charge in [-0.3, -0.25) is 38.1 Å². The number of carbonyl (C=O) groups excluding carboxylic acids is 8. The largest absolute Gasteiger partial charge is 0.504 e. The number of amides is 8. The summed E-state index contributed by atoms with van der Waals surface area (Å²) in [5.41, 5.74) is 8.25. The van der Waals surface area contributed by atoms with Gasteiger partial charge in [0.1, 0.15) is 55.1 Å². The molecule has 5 unspecified atom stereocenters. The zero-order valence-corrected chi connectivity index (χ0v) is 43.6. The quantitative estimate of drug-likeness (QED) is 0.0755. The Morgan fingerprint density at radius 1 is 0.775 bits per heavy atom. The number of phenolic OH excluding ortho intramolecular Hbond substituents is 1. The van der Waals surface area contributed by atoms with Gasteiger partial charge in [-0.05, 0) is 46.9 Å². The fraction of sp³-hybridized carbons (Fsp3) is 0.480. The fourth-order valence-corrected chi connectivity index (χ4v) is 10.6. The van der Waals surface area contributed by atoms with Gasteiger partial charge < -0.3 is 91.9 Å². The Morgan fingerprint density at radius 2 is 1.38 bits per heavy atom. The first-order valence-electron chi connectivity index (χ1n) is 25.1. The molecule has 3 saturated heterocycles. The summed E-state index contributed by atoms with van der Waals surface area (Å²) in [5, 5.41) is 101. The smallest absolute Gasteiger partial charge is 0.446 e. The molecule has 4 aliphatic rings. The standard InChI is InChI=1S/C50H62N8O21S/c1-21-18-58-40(41(21)65)47(71)52-17-24(60)14-31(53-50(74)78-20-30-28-9-5-3-7-26(28)27-8-4-6-10-29(27)30)44(68)54-37(22(2)59)48(72)57-19-25(61)15-32(57)45(69)56-39(46(70)55-38(49(58)73)34(63)16-36(51)64)43(67)42(66)23-11-12-33(62)35(13-23)79-80(75,76)77/h3-13,21-22,24-25,30-32,34,37-43,59-63,65-67H,14-20H2,1-2H3,(H2,51,64)(H,52,71)(H,53,74)(H,54,68)(H,55,70)(H,56,69)(H,75,76,77)/t21-,22-,24+,25+,31-,32?,34+,37?,38?,39?,40?,41-,42-,43-/m0/s1. The van der Waals surface area contributed by atoms with Gasteiger partial charge in [-0.2, -0.15) is 8.42 Å². The Labute approximate surface area is 456 Å². The van der Waals surface area contributed by atoms with Crippen LogP contribution in [0.3, 0.4) is 0 Å². The number of rotatable bonds is 12. The molecule has 3 fully saturated rings. The highest BCUT2D eigenvalue weighted by Crippen LogP contribution is 2.44. The third-order valence-electron chi connectivity index (χ3n) is 14.3. The van der Waals surface area contributed by atoms with Crippen molar-refractivity contribution in [2.75, 3.05) is 26.2 Å².